The molecule has 0 spiro atoms. The van der Waals surface area contributed by atoms with E-state index in [4.69, 9.17) is 9.47 Å². The summed E-state index contributed by atoms with van der Waals surface area (Å²) >= 11 is 0. The summed E-state index contributed by atoms with van der Waals surface area (Å²) in [5, 5.41) is 11.6. The highest BCUT2D eigenvalue weighted by Crippen LogP contribution is 2.54. The highest BCUT2D eigenvalue weighted by molar-refractivity contribution is 6.07. The Morgan fingerprint density at radius 2 is 1.91 bits per heavy atom. The molecule has 1 amide bonds. The number of halogens is 1. The molecule has 0 radical (unpaired) electrons. The minimum Gasteiger partial charge on any atom is -0.479 e. The van der Waals surface area contributed by atoms with Crippen molar-refractivity contribution >= 4 is 35.2 Å². The number of hydrogen-bond acceptors (Lipinski definition) is 9. The number of hydrogen-bond donors (Lipinski definition) is 1. The zero-order valence-corrected chi connectivity index (χ0v) is 26.7. The molecule has 5 aliphatic rings. The molecular formula is C35H36FN3O7. The summed E-state index contributed by atoms with van der Waals surface area (Å²) in [5.41, 5.74) is 1.20. The van der Waals surface area contributed by atoms with E-state index in [1.807, 2.05) is 25.7 Å². The number of amides is 1. The predicted molar refractivity (Wildman–Crippen MR) is 166 cm³/mol. The molecule has 0 saturated heterocycles. The van der Waals surface area contributed by atoms with Crippen LogP contribution < -0.4 is 4.90 Å². The van der Waals surface area contributed by atoms with Crippen LogP contribution in [-0.4, -0.2) is 75.3 Å². The molecule has 1 fully saturated rings. The van der Waals surface area contributed by atoms with E-state index in [0.717, 1.165) is 18.5 Å². The average Bonchev–Trinajstić information content (AvgIpc) is 3.77. The van der Waals surface area contributed by atoms with Crippen LogP contribution in [0.15, 0.2) is 57.8 Å². The van der Waals surface area contributed by atoms with Gasteiger partial charge in [0.2, 0.25) is 5.76 Å². The molecular weight excluding hydrogens is 593 g/mol. The van der Waals surface area contributed by atoms with Gasteiger partial charge >= 0.3 is 6.09 Å². The van der Waals surface area contributed by atoms with Crippen LogP contribution in [0.4, 0.5) is 14.9 Å². The van der Waals surface area contributed by atoms with E-state index >= 15 is 4.39 Å². The van der Waals surface area contributed by atoms with Crippen LogP contribution in [0.2, 0.25) is 0 Å². The first-order chi connectivity index (χ1) is 21.8. The van der Waals surface area contributed by atoms with Crippen LogP contribution in [0.25, 0.3) is 5.57 Å². The van der Waals surface area contributed by atoms with E-state index in [1.54, 1.807) is 50.7 Å². The Balaban J connectivity index is 1.48. The van der Waals surface area contributed by atoms with Crippen molar-refractivity contribution in [3.05, 3.63) is 74.7 Å². The lowest BCUT2D eigenvalue weighted by Gasteiger charge is -2.39. The Morgan fingerprint density at radius 3 is 2.48 bits per heavy atom. The fourth-order valence-electron chi connectivity index (χ4n) is 6.64. The number of nitrogens with zero attached hydrogens (tertiary/aromatic N) is 3. The molecule has 0 aromatic heterocycles. The van der Waals surface area contributed by atoms with Crippen LogP contribution in [0.1, 0.15) is 71.9 Å². The fourth-order valence-corrected chi connectivity index (χ4v) is 6.64. The molecule has 4 aliphatic heterocycles. The number of rotatable bonds is 5. The summed E-state index contributed by atoms with van der Waals surface area (Å²) in [6.45, 7) is 10.6. The van der Waals surface area contributed by atoms with E-state index in [2.05, 4.69) is 4.90 Å². The molecule has 0 unspecified atom stereocenters. The van der Waals surface area contributed by atoms with Crippen molar-refractivity contribution in [2.75, 3.05) is 18.1 Å². The number of ether oxygens (including phenoxy) is 2. The van der Waals surface area contributed by atoms with Gasteiger partial charge in [-0.2, -0.15) is 0 Å². The van der Waals surface area contributed by atoms with Crippen LogP contribution in [0.5, 0.6) is 0 Å². The molecule has 1 N–H and O–H groups in total. The number of carbonyl (C=O) groups is 1. The zero-order valence-electron chi connectivity index (χ0n) is 26.7. The molecule has 1 aromatic rings. The summed E-state index contributed by atoms with van der Waals surface area (Å²) < 4.78 is 27.1. The monoisotopic (exact) mass is 629 g/mol. The molecule has 1 atom stereocenters. The van der Waals surface area contributed by atoms with Crippen molar-refractivity contribution in [3.8, 4) is 0 Å². The largest absolute Gasteiger partial charge is 0.479 e. The normalized spacial score (nSPS) is 21.9. The zero-order chi connectivity index (χ0) is 33.3. The molecule has 1 saturated carbocycles. The minimum atomic E-state index is -1.84. The minimum absolute atomic E-state index is 0.0512. The van der Waals surface area contributed by atoms with E-state index in [-0.39, 0.29) is 60.8 Å². The average molecular weight is 630 g/mol. The molecule has 240 valence electrons. The lowest BCUT2D eigenvalue weighted by molar-refractivity contribution is 0.0170. The van der Waals surface area contributed by atoms with Crippen LogP contribution >= 0.6 is 0 Å². The Kier molecular flexibility index (Phi) is 7.50. The standard InChI is InChI=1S/C35H36FN3O7/c1-7-35(44)25-12-28-32-23(15-40)22-11-26(36)20(13-37(19(2)3)33(43)46-34(4,5)6)10-27(22)39(21-8-9-21)29(32)14-38(28)30(16-41)24(25)18-45-31(35)17-42/h10-12,19,21,44H,7-9,13-14,18H2,1-6H3/t35-/m0/s1. The Hall–Kier alpha value is -4.65. The highest BCUT2D eigenvalue weighted by atomic mass is 19.1. The van der Waals surface area contributed by atoms with E-state index < -0.39 is 23.1 Å². The Labute approximate surface area is 266 Å². The quantitative estimate of drug-likeness (QED) is 0.469. The van der Waals surface area contributed by atoms with Crippen LogP contribution in [0.3, 0.4) is 0 Å². The molecule has 11 heteroatoms. The van der Waals surface area contributed by atoms with Gasteiger partial charge in [0.1, 0.15) is 29.7 Å². The number of anilines is 1. The maximum atomic E-state index is 16.0. The predicted octanol–water partition coefficient (Wildman–Crippen LogP) is 4.53. The number of carbonyl (C=O) groups excluding carboxylic acids is 4. The third kappa shape index (κ3) is 4.84. The van der Waals surface area contributed by atoms with Crippen molar-refractivity contribution < 1.29 is 38.1 Å². The first kappa shape index (κ1) is 31.3. The summed E-state index contributed by atoms with van der Waals surface area (Å²) in [6.07, 6.45) is 2.89. The molecule has 46 heavy (non-hydrogen) atoms. The molecule has 6 rings (SSSR count). The van der Waals surface area contributed by atoms with E-state index in [1.165, 1.54) is 11.0 Å². The van der Waals surface area contributed by atoms with Gasteiger partial charge < -0.3 is 29.3 Å². The lowest BCUT2D eigenvalue weighted by Crippen LogP contribution is -2.42. The van der Waals surface area contributed by atoms with Crippen molar-refractivity contribution in [3.63, 3.8) is 0 Å². The third-order valence-electron chi connectivity index (χ3n) is 9.03. The molecule has 0 bridgehead atoms. The van der Waals surface area contributed by atoms with E-state index in [0.29, 0.717) is 33.7 Å². The molecule has 10 nitrogen and oxygen atoms in total. The number of benzene rings is 1. The number of fused-ring (bicyclic) bond motifs is 3. The van der Waals surface area contributed by atoms with Crippen LogP contribution in [-0.2, 0) is 30.4 Å². The second-order valence-corrected chi connectivity index (χ2v) is 13.5. The van der Waals surface area contributed by atoms with Gasteiger partial charge in [0.15, 0.2) is 17.5 Å². The van der Waals surface area contributed by atoms with Gasteiger partial charge in [0.25, 0.3) is 0 Å². The summed E-state index contributed by atoms with van der Waals surface area (Å²) in [6, 6.07) is 2.76. The maximum absolute atomic E-state index is 16.0. The Morgan fingerprint density at radius 1 is 1.20 bits per heavy atom. The van der Waals surface area contributed by atoms with Gasteiger partial charge in [-0.3, -0.25) is 0 Å². The molecule has 4 heterocycles. The summed E-state index contributed by atoms with van der Waals surface area (Å²) in [4.78, 5) is 55.3. The van der Waals surface area contributed by atoms with Crippen molar-refractivity contribution in [1.29, 1.82) is 0 Å². The topological polar surface area (TPSA) is 117 Å². The highest BCUT2D eigenvalue weighted by Gasteiger charge is 2.50. The van der Waals surface area contributed by atoms with Gasteiger partial charge in [0, 0.05) is 45.6 Å². The van der Waals surface area contributed by atoms with Gasteiger partial charge in [-0.25, -0.2) is 23.6 Å². The Bertz CT molecular complexity index is 1810. The number of allylic oxidation sites excluding steroid dienone is 1. The van der Waals surface area contributed by atoms with Gasteiger partial charge in [-0.1, -0.05) is 6.92 Å². The first-order valence-electron chi connectivity index (χ1n) is 15.5. The fraction of sp³-hybridized carbons (Fsp3) is 0.457. The second kappa shape index (κ2) is 11.0. The lowest BCUT2D eigenvalue weighted by atomic mass is 9.79. The van der Waals surface area contributed by atoms with Gasteiger partial charge in [0.05, 0.1) is 30.0 Å². The van der Waals surface area contributed by atoms with Crippen molar-refractivity contribution in [2.45, 2.75) is 90.6 Å². The number of aliphatic hydroxyl groups is 1. The smallest absolute Gasteiger partial charge is 0.410 e. The van der Waals surface area contributed by atoms with Gasteiger partial charge in [-0.15, -0.1) is 0 Å². The van der Waals surface area contributed by atoms with E-state index in [9.17, 15) is 24.3 Å². The first-order valence-corrected chi connectivity index (χ1v) is 15.5. The summed E-state index contributed by atoms with van der Waals surface area (Å²) in [5.74, 6) is 4.84. The summed E-state index contributed by atoms with van der Waals surface area (Å²) in [7, 11) is 0. The SMILES string of the molecule is CC[C@@]1(O)C(=C=O)OCC2=C1C=C1C3=C(CN1C2=C=O)N(C1CC1)c1cc(CN(C(=O)OC(C)(C)C)C(C)C)c(F)cc1C3=C=O. The maximum Gasteiger partial charge on any atom is 0.410 e. The van der Waals surface area contributed by atoms with Crippen LogP contribution in [0, 0.1) is 5.82 Å². The van der Waals surface area contributed by atoms with Crippen molar-refractivity contribution in [2.24, 2.45) is 0 Å². The van der Waals surface area contributed by atoms with Gasteiger partial charge in [-0.05, 0) is 72.1 Å². The van der Waals surface area contributed by atoms with Crippen molar-refractivity contribution in [1.82, 2.24) is 9.80 Å². The molecule has 1 aliphatic carbocycles. The second-order valence-electron chi connectivity index (χ2n) is 13.5. The molecule has 1 aromatic carbocycles. The third-order valence-corrected chi connectivity index (χ3v) is 9.03.